The Kier molecular flexibility index (Phi) is 6.11. The summed E-state index contributed by atoms with van der Waals surface area (Å²) in [5.74, 6) is -1.78. The summed E-state index contributed by atoms with van der Waals surface area (Å²) in [6.45, 7) is -0.526. The van der Waals surface area contributed by atoms with Gasteiger partial charge in [-0.2, -0.15) is 0 Å². The molecular weight excluding hydrogens is 301 g/mol. The lowest BCUT2D eigenvalue weighted by Crippen LogP contribution is -2.29. The normalized spacial score (nSPS) is 9.96. The number of amides is 1. The molecule has 0 bridgehead atoms. The second-order valence-corrected chi connectivity index (χ2v) is 4.64. The van der Waals surface area contributed by atoms with Gasteiger partial charge in [0.2, 0.25) is 0 Å². The first-order chi connectivity index (χ1) is 11.1. The zero-order valence-corrected chi connectivity index (χ0v) is 12.3. The highest BCUT2D eigenvalue weighted by molar-refractivity contribution is 5.80. The largest absolute Gasteiger partial charge is 0.479 e. The lowest BCUT2D eigenvalue weighted by Gasteiger charge is -2.08. The quantitative estimate of drug-likeness (QED) is 0.794. The molecule has 0 heterocycles. The Morgan fingerprint density at radius 1 is 0.957 bits per heavy atom. The molecular formula is C17H16FNO4. The highest BCUT2D eigenvalue weighted by atomic mass is 19.1. The first kappa shape index (κ1) is 16.5. The van der Waals surface area contributed by atoms with E-state index in [1.807, 2.05) is 30.3 Å². The molecule has 0 unspecified atom stereocenters. The molecule has 0 spiro atoms. The summed E-state index contributed by atoms with van der Waals surface area (Å²) >= 11 is 0. The molecule has 6 heteroatoms. The van der Waals surface area contributed by atoms with Gasteiger partial charge in [-0.3, -0.25) is 4.79 Å². The number of carbonyl (C=O) groups is 2. The van der Waals surface area contributed by atoms with E-state index in [4.69, 9.17) is 9.47 Å². The van der Waals surface area contributed by atoms with E-state index in [0.29, 0.717) is 6.54 Å². The van der Waals surface area contributed by atoms with Crippen LogP contribution < -0.4 is 10.1 Å². The van der Waals surface area contributed by atoms with E-state index in [0.717, 1.165) is 5.56 Å². The van der Waals surface area contributed by atoms with Gasteiger partial charge in [-0.1, -0.05) is 42.5 Å². The molecule has 120 valence electrons. The molecule has 0 fully saturated rings. The van der Waals surface area contributed by atoms with Gasteiger partial charge in [0.25, 0.3) is 5.91 Å². The summed E-state index contributed by atoms with van der Waals surface area (Å²) < 4.78 is 23.0. The smallest absolute Gasteiger partial charge is 0.344 e. The van der Waals surface area contributed by atoms with E-state index >= 15 is 0 Å². The number of benzene rings is 2. The van der Waals surface area contributed by atoms with Gasteiger partial charge in [0.05, 0.1) is 0 Å². The van der Waals surface area contributed by atoms with Crippen molar-refractivity contribution in [3.8, 4) is 5.75 Å². The van der Waals surface area contributed by atoms with Crippen molar-refractivity contribution in [1.82, 2.24) is 5.32 Å². The molecule has 5 nitrogen and oxygen atoms in total. The Morgan fingerprint density at radius 2 is 1.65 bits per heavy atom. The van der Waals surface area contributed by atoms with Crippen LogP contribution >= 0.6 is 0 Å². The number of esters is 1. The topological polar surface area (TPSA) is 64.6 Å². The van der Waals surface area contributed by atoms with Crippen LogP contribution in [0, 0.1) is 5.82 Å². The maximum absolute atomic E-state index is 13.3. The predicted octanol–water partition coefficient (Wildman–Crippen LogP) is 2.06. The molecule has 2 aromatic carbocycles. The summed E-state index contributed by atoms with van der Waals surface area (Å²) in [4.78, 5) is 23.0. The van der Waals surface area contributed by atoms with E-state index in [1.165, 1.54) is 18.2 Å². The first-order valence-electron chi connectivity index (χ1n) is 6.99. The summed E-state index contributed by atoms with van der Waals surface area (Å²) in [6.07, 6.45) is 0. The van der Waals surface area contributed by atoms with Crippen LogP contribution in [0.15, 0.2) is 54.6 Å². The number of nitrogens with one attached hydrogen (secondary N) is 1. The first-order valence-corrected chi connectivity index (χ1v) is 6.99. The molecule has 0 aliphatic heterocycles. The van der Waals surface area contributed by atoms with E-state index in [1.54, 1.807) is 6.07 Å². The number of halogens is 1. The van der Waals surface area contributed by atoms with Gasteiger partial charge in [-0.05, 0) is 17.7 Å². The minimum Gasteiger partial charge on any atom is -0.479 e. The Labute approximate surface area is 133 Å². The summed E-state index contributed by atoms with van der Waals surface area (Å²) in [6, 6.07) is 15.1. The summed E-state index contributed by atoms with van der Waals surface area (Å²) in [7, 11) is 0. The third kappa shape index (κ3) is 5.78. The molecule has 0 aliphatic rings. The highest BCUT2D eigenvalue weighted by Gasteiger charge is 2.10. The molecule has 0 saturated carbocycles. The number of rotatable bonds is 7. The Bertz CT molecular complexity index is 661. The van der Waals surface area contributed by atoms with Gasteiger partial charge >= 0.3 is 5.97 Å². The summed E-state index contributed by atoms with van der Waals surface area (Å²) in [5, 5.41) is 2.62. The average Bonchev–Trinajstić information content (AvgIpc) is 2.58. The van der Waals surface area contributed by atoms with Gasteiger partial charge < -0.3 is 14.8 Å². The van der Waals surface area contributed by atoms with Crippen LogP contribution in [0.25, 0.3) is 0 Å². The molecule has 2 aromatic rings. The number of para-hydroxylation sites is 1. The van der Waals surface area contributed by atoms with Gasteiger partial charge in [0, 0.05) is 6.54 Å². The van der Waals surface area contributed by atoms with Crippen molar-refractivity contribution >= 4 is 11.9 Å². The summed E-state index contributed by atoms with van der Waals surface area (Å²) in [5.41, 5.74) is 0.940. The van der Waals surface area contributed by atoms with Crippen molar-refractivity contribution in [2.45, 2.75) is 6.54 Å². The number of carbonyl (C=O) groups excluding carboxylic acids is 2. The van der Waals surface area contributed by atoms with Crippen molar-refractivity contribution in [3.05, 3.63) is 66.0 Å². The molecule has 1 N–H and O–H groups in total. The van der Waals surface area contributed by atoms with Crippen LogP contribution in [-0.4, -0.2) is 25.1 Å². The predicted molar refractivity (Wildman–Crippen MR) is 81.1 cm³/mol. The second-order valence-electron chi connectivity index (χ2n) is 4.64. The lowest BCUT2D eigenvalue weighted by atomic mass is 10.2. The minimum atomic E-state index is -0.747. The van der Waals surface area contributed by atoms with Crippen molar-refractivity contribution < 1.29 is 23.5 Å². The van der Waals surface area contributed by atoms with Crippen LogP contribution in [0.1, 0.15) is 5.56 Å². The van der Waals surface area contributed by atoms with Crippen LogP contribution in [0.3, 0.4) is 0 Å². The minimum absolute atomic E-state index is 0.0435. The Hall–Kier alpha value is -2.89. The molecule has 1 amide bonds. The highest BCUT2D eigenvalue weighted by Crippen LogP contribution is 2.14. The average molecular weight is 317 g/mol. The van der Waals surface area contributed by atoms with E-state index in [2.05, 4.69) is 5.32 Å². The molecule has 0 radical (unpaired) electrons. The van der Waals surface area contributed by atoms with E-state index in [-0.39, 0.29) is 5.75 Å². The number of ether oxygens (including phenoxy) is 2. The monoisotopic (exact) mass is 317 g/mol. The van der Waals surface area contributed by atoms with Crippen LogP contribution in [0.2, 0.25) is 0 Å². The number of hydrogen-bond acceptors (Lipinski definition) is 4. The van der Waals surface area contributed by atoms with Crippen molar-refractivity contribution in [2.75, 3.05) is 13.2 Å². The van der Waals surface area contributed by atoms with Crippen LogP contribution in [0.5, 0.6) is 5.75 Å². The molecule has 2 rings (SSSR count). The molecule has 0 atom stereocenters. The van der Waals surface area contributed by atoms with E-state index in [9.17, 15) is 14.0 Å². The van der Waals surface area contributed by atoms with Crippen molar-refractivity contribution in [3.63, 3.8) is 0 Å². The third-order valence-electron chi connectivity index (χ3n) is 2.88. The zero-order chi connectivity index (χ0) is 16.5. The fourth-order valence-corrected chi connectivity index (χ4v) is 1.73. The van der Waals surface area contributed by atoms with Gasteiger partial charge in [-0.15, -0.1) is 0 Å². The standard InChI is InChI=1S/C17H16FNO4/c18-14-8-4-5-9-15(14)22-12-17(21)23-11-16(20)19-10-13-6-2-1-3-7-13/h1-9H,10-12H2,(H,19,20). The SMILES string of the molecule is O=C(COC(=O)COc1ccccc1F)NCc1ccccc1. The molecule has 0 aliphatic carbocycles. The maximum atomic E-state index is 13.3. The van der Waals surface area contributed by atoms with E-state index < -0.39 is 30.9 Å². The van der Waals surface area contributed by atoms with Gasteiger partial charge in [0.15, 0.2) is 24.8 Å². The fourth-order valence-electron chi connectivity index (χ4n) is 1.73. The fraction of sp³-hybridized carbons (Fsp3) is 0.176. The second kappa shape index (κ2) is 8.53. The Balaban J connectivity index is 1.66. The lowest BCUT2D eigenvalue weighted by molar-refractivity contribution is -0.150. The Morgan fingerprint density at radius 3 is 2.39 bits per heavy atom. The molecule has 23 heavy (non-hydrogen) atoms. The van der Waals surface area contributed by atoms with Gasteiger partial charge in [0.1, 0.15) is 0 Å². The van der Waals surface area contributed by atoms with Gasteiger partial charge in [-0.25, -0.2) is 9.18 Å². The van der Waals surface area contributed by atoms with Crippen LogP contribution in [0.4, 0.5) is 4.39 Å². The maximum Gasteiger partial charge on any atom is 0.344 e. The van der Waals surface area contributed by atoms with Crippen molar-refractivity contribution in [2.24, 2.45) is 0 Å². The third-order valence-corrected chi connectivity index (χ3v) is 2.88. The van der Waals surface area contributed by atoms with Crippen LogP contribution in [-0.2, 0) is 20.9 Å². The molecule has 0 saturated heterocycles. The number of hydrogen-bond donors (Lipinski definition) is 1. The zero-order valence-electron chi connectivity index (χ0n) is 12.3. The van der Waals surface area contributed by atoms with Crippen molar-refractivity contribution in [1.29, 1.82) is 0 Å². The molecule has 0 aromatic heterocycles.